The molecule has 0 bridgehead atoms. The second-order valence-electron chi connectivity index (χ2n) is 4.97. The molecule has 108 valence electrons. The third kappa shape index (κ3) is 2.69. The molecule has 0 saturated heterocycles. The second-order valence-corrected chi connectivity index (χ2v) is 5.83. The van der Waals surface area contributed by atoms with Crippen LogP contribution in [0, 0.1) is 0 Å². The van der Waals surface area contributed by atoms with Crippen LogP contribution in [0.3, 0.4) is 0 Å². The van der Waals surface area contributed by atoms with Gasteiger partial charge in [0, 0.05) is 40.2 Å². The van der Waals surface area contributed by atoms with Gasteiger partial charge in [0.25, 0.3) is 0 Å². The molecule has 1 aromatic heterocycles. The molecule has 0 amide bonds. The number of halogens is 1. The third-order valence-corrected chi connectivity index (χ3v) is 4.30. The van der Waals surface area contributed by atoms with Gasteiger partial charge in [0.05, 0.1) is 7.11 Å². The molecule has 4 heteroatoms. The molecular formula is C17H17BrN2O. The van der Waals surface area contributed by atoms with Crippen molar-refractivity contribution < 1.29 is 4.74 Å². The zero-order valence-electron chi connectivity index (χ0n) is 11.8. The number of benzene rings is 2. The summed E-state index contributed by atoms with van der Waals surface area (Å²) in [6.45, 7) is 1.29. The Balaban J connectivity index is 1.99. The first-order valence-electron chi connectivity index (χ1n) is 6.82. The van der Waals surface area contributed by atoms with Crippen LogP contribution in [0.15, 0.2) is 53.1 Å². The van der Waals surface area contributed by atoms with Crippen LogP contribution < -0.4 is 10.5 Å². The Morgan fingerprint density at radius 3 is 2.76 bits per heavy atom. The fourth-order valence-electron chi connectivity index (χ4n) is 2.59. The van der Waals surface area contributed by atoms with Crippen molar-refractivity contribution in [3.63, 3.8) is 0 Å². The van der Waals surface area contributed by atoms with Crippen molar-refractivity contribution in [1.82, 2.24) is 4.57 Å². The smallest absolute Gasteiger partial charge is 0.123 e. The summed E-state index contributed by atoms with van der Waals surface area (Å²) < 4.78 is 8.76. The summed E-state index contributed by atoms with van der Waals surface area (Å²) in [5.74, 6) is 0.852. The maximum absolute atomic E-state index is 5.72. The molecule has 0 fully saturated rings. The number of aromatic nitrogens is 1. The van der Waals surface area contributed by atoms with E-state index in [1.165, 1.54) is 16.5 Å². The minimum Gasteiger partial charge on any atom is -0.496 e. The number of fused-ring (bicyclic) bond motifs is 1. The second kappa shape index (κ2) is 5.92. The van der Waals surface area contributed by atoms with Crippen LogP contribution in [0.1, 0.15) is 11.1 Å². The Kier molecular flexibility index (Phi) is 3.99. The monoisotopic (exact) mass is 344 g/mol. The van der Waals surface area contributed by atoms with Gasteiger partial charge in [-0.1, -0.05) is 30.3 Å². The summed E-state index contributed by atoms with van der Waals surface area (Å²) in [4.78, 5) is 0. The molecule has 0 spiro atoms. The first-order chi connectivity index (χ1) is 10.2. The van der Waals surface area contributed by atoms with Gasteiger partial charge in [-0.25, -0.2) is 0 Å². The summed E-state index contributed by atoms with van der Waals surface area (Å²) in [5.41, 5.74) is 9.15. The predicted octanol–water partition coefficient (Wildman–Crippen LogP) is 3.92. The van der Waals surface area contributed by atoms with Gasteiger partial charge in [-0.15, -0.1) is 0 Å². The average molecular weight is 345 g/mol. The van der Waals surface area contributed by atoms with Crippen LogP contribution in [0.2, 0.25) is 0 Å². The number of nitrogens with two attached hydrogens (primary N) is 1. The zero-order chi connectivity index (χ0) is 14.8. The fourth-order valence-corrected chi connectivity index (χ4v) is 3.17. The molecule has 0 atom stereocenters. The Bertz CT molecular complexity index is 780. The lowest BCUT2D eigenvalue weighted by Crippen LogP contribution is -2.02. The van der Waals surface area contributed by atoms with Gasteiger partial charge in [0.15, 0.2) is 0 Å². The molecule has 0 aliphatic heterocycles. The van der Waals surface area contributed by atoms with Gasteiger partial charge >= 0.3 is 0 Å². The van der Waals surface area contributed by atoms with Crippen LogP contribution in [0.5, 0.6) is 5.75 Å². The van der Waals surface area contributed by atoms with Gasteiger partial charge < -0.3 is 15.0 Å². The maximum Gasteiger partial charge on any atom is 0.123 e. The lowest BCUT2D eigenvalue weighted by molar-refractivity contribution is 0.409. The van der Waals surface area contributed by atoms with Gasteiger partial charge in [-0.2, -0.15) is 0 Å². The molecule has 2 aromatic carbocycles. The van der Waals surface area contributed by atoms with Crippen molar-refractivity contribution in [3.8, 4) is 5.75 Å². The molecule has 0 unspecified atom stereocenters. The highest BCUT2D eigenvalue weighted by Gasteiger charge is 2.08. The van der Waals surface area contributed by atoms with Crippen LogP contribution in [-0.4, -0.2) is 11.7 Å². The number of nitrogens with zero attached hydrogens (tertiary/aromatic N) is 1. The summed E-state index contributed by atoms with van der Waals surface area (Å²) >= 11 is 3.62. The maximum atomic E-state index is 5.72. The Labute approximate surface area is 132 Å². The average Bonchev–Trinajstić information content (AvgIpc) is 2.84. The van der Waals surface area contributed by atoms with Crippen LogP contribution >= 0.6 is 15.9 Å². The van der Waals surface area contributed by atoms with E-state index in [2.05, 4.69) is 63.1 Å². The highest BCUT2D eigenvalue weighted by Crippen LogP contribution is 2.27. The predicted molar refractivity (Wildman–Crippen MR) is 89.6 cm³/mol. The van der Waals surface area contributed by atoms with Crippen molar-refractivity contribution in [2.45, 2.75) is 13.1 Å². The summed E-state index contributed by atoms with van der Waals surface area (Å²) in [7, 11) is 1.68. The molecule has 0 saturated carbocycles. The molecule has 21 heavy (non-hydrogen) atoms. The van der Waals surface area contributed by atoms with Crippen molar-refractivity contribution in [2.75, 3.05) is 7.11 Å². The zero-order valence-corrected chi connectivity index (χ0v) is 13.4. The van der Waals surface area contributed by atoms with Crippen LogP contribution in [0.25, 0.3) is 10.9 Å². The van der Waals surface area contributed by atoms with Crippen molar-refractivity contribution in [3.05, 3.63) is 64.3 Å². The number of ether oxygens (including phenoxy) is 1. The minimum atomic E-state index is 0.488. The standard InChI is InChI=1S/C17H17BrN2O/c1-21-17-8-12(6-7-13(17)9-19)10-20-11-15(18)14-4-2-3-5-16(14)20/h2-8,11H,9-10,19H2,1H3. The molecule has 0 radical (unpaired) electrons. The van der Waals surface area contributed by atoms with Crippen LogP contribution in [-0.2, 0) is 13.1 Å². The number of rotatable bonds is 4. The van der Waals surface area contributed by atoms with E-state index < -0.39 is 0 Å². The Hall–Kier alpha value is -1.78. The lowest BCUT2D eigenvalue weighted by atomic mass is 10.1. The summed E-state index contributed by atoms with van der Waals surface area (Å²) in [6, 6.07) is 14.6. The van der Waals surface area contributed by atoms with E-state index in [0.717, 1.165) is 22.3 Å². The van der Waals surface area contributed by atoms with Crippen molar-refractivity contribution >= 4 is 26.8 Å². The SMILES string of the molecule is COc1cc(Cn2cc(Br)c3ccccc32)ccc1CN. The Morgan fingerprint density at radius 1 is 1.19 bits per heavy atom. The van der Waals surface area contributed by atoms with Gasteiger partial charge in [-0.05, 0) is 33.6 Å². The fraction of sp³-hybridized carbons (Fsp3) is 0.176. The molecule has 0 aliphatic carbocycles. The van der Waals surface area contributed by atoms with E-state index in [9.17, 15) is 0 Å². The molecule has 3 nitrogen and oxygen atoms in total. The first-order valence-corrected chi connectivity index (χ1v) is 7.61. The quantitative estimate of drug-likeness (QED) is 0.779. The Morgan fingerprint density at radius 2 is 2.00 bits per heavy atom. The molecule has 2 N–H and O–H groups in total. The van der Waals surface area contributed by atoms with E-state index >= 15 is 0 Å². The summed E-state index contributed by atoms with van der Waals surface area (Å²) in [5, 5.41) is 1.23. The molecule has 1 heterocycles. The normalized spacial score (nSPS) is 11.0. The van der Waals surface area contributed by atoms with E-state index in [1.807, 2.05) is 6.07 Å². The highest BCUT2D eigenvalue weighted by atomic mass is 79.9. The molecule has 0 aliphatic rings. The highest BCUT2D eigenvalue weighted by molar-refractivity contribution is 9.10. The molecule has 3 rings (SSSR count). The van der Waals surface area contributed by atoms with E-state index in [1.54, 1.807) is 7.11 Å². The van der Waals surface area contributed by atoms with E-state index in [0.29, 0.717) is 6.54 Å². The third-order valence-electron chi connectivity index (χ3n) is 3.66. The van der Waals surface area contributed by atoms with Gasteiger partial charge in [0.1, 0.15) is 5.75 Å². The van der Waals surface area contributed by atoms with E-state index in [4.69, 9.17) is 10.5 Å². The lowest BCUT2D eigenvalue weighted by Gasteiger charge is -2.10. The number of para-hydroxylation sites is 1. The van der Waals surface area contributed by atoms with Crippen LogP contribution in [0.4, 0.5) is 0 Å². The number of methoxy groups -OCH3 is 1. The number of hydrogen-bond acceptors (Lipinski definition) is 2. The summed E-state index contributed by atoms with van der Waals surface area (Å²) in [6.07, 6.45) is 2.12. The van der Waals surface area contributed by atoms with Crippen molar-refractivity contribution in [2.24, 2.45) is 5.73 Å². The topological polar surface area (TPSA) is 40.2 Å². The molecule has 3 aromatic rings. The number of hydrogen-bond donors (Lipinski definition) is 1. The largest absolute Gasteiger partial charge is 0.496 e. The minimum absolute atomic E-state index is 0.488. The molecular weight excluding hydrogens is 328 g/mol. The van der Waals surface area contributed by atoms with Gasteiger partial charge in [0.2, 0.25) is 0 Å². The van der Waals surface area contributed by atoms with E-state index in [-0.39, 0.29) is 0 Å². The van der Waals surface area contributed by atoms with Gasteiger partial charge in [-0.3, -0.25) is 0 Å². The first kappa shape index (κ1) is 14.2. The van der Waals surface area contributed by atoms with Crippen molar-refractivity contribution in [1.29, 1.82) is 0 Å².